The Kier molecular flexibility index (Phi) is 6.80. The largest absolute Gasteiger partial charge is 0.493 e. The summed E-state index contributed by atoms with van der Waals surface area (Å²) in [6, 6.07) is 22.4. The van der Waals surface area contributed by atoms with Gasteiger partial charge < -0.3 is 14.8 Å². The molecule has 0 aliphatic heterocycles. The Morgan fingerprint density at radius 1 is 1.00 bits per heavy atom. The van der Waals surface area contributed by atoms with Crippen molar-refractivity contribution in [2.24, 2.45) is 0 Å². The molecule has 1 aromatic heterocycles. The number of carbonyl (C=O) groups is 1. The highest BCUT2D eigenvalue weighted by molar-refractivity contribution is 7.99. The lowest BCUT2D eigenvalue weighted by Gasteiger charge is -2.12. The summed E-state index contributed by atoms with van der Waals surface area (Å²) in [4.78, 5) is 27.1. The number of nitrogens with zero attached hydrogens (tertiary/aromatic N) is 2. The molecule has 0 saturated carbocycles. The van der Waals surface area contributed by atoms with Crippen molar-refractivity contribution < 1.29 is 18.8 Å². The fraction of sp³-hybridized carbons (Fsp3) is 0.125. The molecule has 1 N–H and O–H groups in total. The Morgan fingerprint density at radius 2 is 1.73 bits per heavy atom. The number of rotatable bonds is 8. The third-order valence-corrected chi connectivity index (χ3v) is 5.85. The quantitative estimate of drug-likeness (QED) is 0.416. The Balaban J connectivity index is 1.55. The van der Waals surface area contributed by atoms with Crippen LogP contribution in [0, 0.1) is 0 Å². The molecule has 168 valence electrons. The highest BCUT2D eigenvalue weighted by Gasteiger charge is 2.18. The SMILES string of the molecule is COc1ccc(-c2noc(=O)n2CC(=O)Nc2ccccc2Sc2ccccc2)cc1OC. The standard InChI is InChI=1S/C24H21N3O5S/c1-30-19-13-12-16(14-20(19)31-2)23-26-32-24(29)27(23)15-22(28)25-18-10-6-7-11-21(18)33-17-8-4-3-5-9-17/h3-14H,15H2,1-2H3,(H,25,28). The van der Waals surface area contributed by atoms with Gasteiger partial charge in [-0.15, -0.1) is 0 Å². The van der Waals surface area contributed by atoms with E-state index in [9.17, 15) is 9.59 Å². The summed E-state index contributed by atoms with van der Waals surface area (Å²) < 4.78 is 16.6. The van der Waals surface area contributed by atoms with Crippen LogP contribution in [0.3, 0.4) is 0 Å². The summed E-state index contributed by atoms with van der Waals surface area (Å²) in [5.74, 6) is 0.0882. The van der Waals surface area contributed by atoms with Gasteiger partial charge in [0, 0.05) is 15.4 Å². The van der Waals surface area contributed by atoms with E-state index in [1.807, 2.05) is 54.6 Å². The molecule has 4 aromatic rings. The van der Waals surface area contributed by atoms with Crippen LogP contribution in [0.1, 0.15) is 0 Å². The average molecular weight is 464 g/mol. The molecule has 33 heavy (non-hydrogen) atoms. The second-order valence-corrected chi connectivity index (χ2v) is 8.00. The van der Waals surface area contributed by atoms with Gasteiger partial charge in [-0.2, -0.15) is 0 Å². The summed E-state index contributed by atoms with van der Waals surface area (Å²) in [5.41, 5.74) is 1.19. The first kappa shape index (κ1) is 22.2. The molecular formula is C24H21N3O5S. The summed E-state index contributed by atoms with van der Waals surface area (Å²) in [7, 11) is 3.04. The van der Waals surface area contributed by atoms with Gasteiger partial charge in [0.2, 0.25) is 5.91 Å². The molecular weight excluding hydrogens is 442 g/mol. The summed E-state index contributed by atoms with van der Waals surface area (Å²) >= 11 is 1.54. The van der Waals surface area contributed by atoms with E-state index in [1.54, 1.807) is 18.2 Å². The van der Waals surface area contributed by atoms with Crippen LogP contribution >= 0.6 is 11.8 Å². The minimum atomic E-state index is -0.734. The lowest BCUT2D eigenvalue weighted by molar-refractivity contribution is -0.116. The number of carbonyl (C=O) groups excluding carboxylic acids is 1. The van der Waals surface area contributed by atoms with E-state index in [0.717, 1.165) is 9.79 Å². The first-order valence-corrected chi connectivity index (χ1v) is 10.8. The molecule has 0 aliphatic carbocycles. The molecule has 1 amide bonds. The number of nitrogens with one attached hydrogen (secondary N) is 1. The monoisotopic (exact) mass is 463 g/mol. The van der Waals surface area contributed by atoms with Crippen molar-refractivity contribution in [3.05, 3.63) is 83.3 Å². The predicted octanol–water partition coefficient (Wildman–Crippen LogP) is 4.31. The third-order valence-electron chi connectivity index (χ3n) is 4.76. The fourth-order valence-corrected chi connectivity index (χ4v) is 4.12. The molecule has 0 radical (unpaired) electrons. The summed E-state index contributed by atoms with van der Waals surface area (Å²) in [6.45, 7) is -0.268. The minimum absolute atomic E-state index is 0.211. The number of benzene rings is 3. The number of hydrogen-bond donors (Lipinski definition) is 1. The molecule has 9 heteroatoms. The Morgan fingerprint density at radius 3 is 2.48 bits per heavy atom. The first-order valence-electron chi connectivity index (χ1n) is 9.99. The maximum atomic E-state index is 12.8. The third kappa shape index (κ3) is 5.09. The lowest BCUT2D eigenvalue weighted by atomic mass is 10.2. The molecule has 8 nitrogen and oxygen atoms in total. The van der Waals surface area contributed by atoms with Gasteiger partial charge in [-0.1, -0.05) is 47.3 Å². The number of ether oxygens (including phenoxy) is 2. The summed E-state index contributed by atoms with van der Waals surface area (Å²) in [5, 5.41) is 6.73. The predicted molar refractivity (Wildman–Crippen MR) is 125 cm³/mol. The zero-order chi connectivity index (χ0) is 23.2. The van der Waals surface area contributed by atoms with Crippen LogP contribution in [0.4, 0.5) is 5.69 Å². The van der Waals surface area contributed by atoms with E-state index in [1.165, 1.54) is 30.5 Å². The van der Waals surface area contributed by atoms with Gasteiger partial charge in [-0.25, -0.2) is 9.36 Å². The van der Waals surface area contributed by atoms with E-state index in [0.29, 0.717) is 22.7 Å². The van der Waals surface area contributed by atoms with E-state index < -0.39 is 5.76 Å². The van der Waals surface area contributed by atoms with Crippen molar-refractivity contribution in [3.8, 4) is 22.9 Å². The Bertz CT molecular complexity index is 1320. The van der Waals surface area contributed by atoms with E-state index in [2.05, 4.69) is 10.5 Å². The maximum Gasteiger partial charge on any atom is 0.442 e. The zero-order valence-corrected chi connectivity index (χ0v) is 18.8. The Labute approximate surface area is 194 Å². The van der Waals surface area contributed by atoms with Crippen molar-refractivity contribution in [1.29, 1.82) is 0 Å². The van der Waals surface area contributed by atoms with Crippen LogP contribution in [0.25, 0.3) is 11.4 Å². The molecule has 4 rings (SSSR count). The number of hydrogen-bond acceptors (Lipinski definition) is 7. The van der Waals surface area contributed by atoms with Crippen molar-refractivity contribution in [1.82, 2.24) is 9.72 Å². The molecule has 3 aromatic carbocycles. The van der Waals surface area contributed by atoms with Crippen molar-refractivity contribution in [3.63, 3.8) is 0 Å². The average Bonchev–Trinajstić information content (AvgIpc) is 3.20. The molecule has 0 unspecified atom stereocenters. The number of methoxy groups -OCH3 is 2. The zero-order valence-electron chi connectivity index (χ0n) is 18.0. The molecule has 1 heterocycles. The maximum absolute atomic E-state index is 12.8. The van der Waals surface area contributed by atoms with Gasteiger partial charge in [0.1, 0.15) is 6.54 Å². The number of aromatic nitrogens is 2. The second kappa shape index (κ2) is 10.1. The first-order chi connectivity index (χ1) is 16.1. The number of para-hydroxylation sites is 1. The van der Waals surface area contributed by atoms with Gasteiger partial charge in [0.25, 0.3) is 0 Å². The molecule has 0 saturated heterocycles. The van der Waals surface area contributed by atoms with E-state index in [4.69, 9.17) is 14.0 Å². The second-order valence-electron chi connectivity index (χ2n) is 6.89. The minimum Gasteiger partial charge on any atom is -0.493 e. The summed E-state index contributed by atoms with van der Waals surface area (Å²) in [6.07, 6.45) is 0. The van der Waals surface area contributed by atoms with Crippen LogP contribution < -0.4 is 20.5 Å². The molecule has 0 bridgehead atoms. The normalized spacial score (nSPS) is 10.6. The fourth-order valence-electron chi connectivity index (χ4n) is 3.20. The van der Waals surface area contributed by atoms with Crippen LogP contribution in [0.2, 0.25) is 0 Å². The highest BCUT2D eigenvalue weighted by Crippen LogP contribution is 2.33. The van der Waals surface area contributed by atoms with Crippen LogP contribution in [-0.2, 0) is 11.3 Å². The molecule has 0 fully saturated rings. The highest BCUT2D eigenvalue weighted by atomic mass is 32.2. The van der Waals surface area contributed by atoms with E-state index in [-0.39, 0.29) is 18.3 Å². The van der Waals surface area contributed by atoms with Gasteiger partial charge in [0.15, 0.2) is 17.3 Å². The van der Waals surface area contributed by atoms with Crippen LogP contribution in [0.15, 0.2) is 91.9 Å². The van der Waals surface area contributed by atoms with Crippen molar-refractivity contribution in [2.45, 2.75) is 16.3 Å². The Hall–Kier alpha value is -3.98. The van der Waals surface area contributed by atoms with Crippen LogP contribution in [0.5, 0.6) is 11.5 Å². The molecule has 0 aliphatic rings. The van der Waals surface area contributed by atoms with Crippen LogP contribution in [-0.4, -0.2) is 29.9 Å². The van der Waals surface area contributed by atoms with Gasteiger partial charge in [0.05, 0.1) is 19.9 Å². The van der Waals surface area contributed by atoms with Crippen molar-refractivity contribution >= 4 is 23.4 Å². The molecule has 0 spiro atoms. The van der Waals surface area contributed by atoms with Gasteiger partial charge >= 0.3 is 5.76 Å². The smallest absolute Gasteiger partial charge is 0.442 e. The number of amides is 1. The number of anilines is 1. The molecule has 0 atom stereocenters. The van der Waals surface area contributed by atoms with Gasteiger partial charge in [-0.05, 0) is 42.5 Å². The van der Waals surface area contributed by atoms with Crippen molar-refractivity contribution in [2.75, 3.05) is 19.5 Å². The van der Waals surface area contributed by atoms with E-state index >= 15 is 0 Å². The lowest BCUT2D eigenvalue weighted by Crippen LogP contribution is -2.25. The van der Waals surface area contributed by atoms with Gasteiger partial charge in [-0.3, -0.25) is 9.32 Å². The topological polar surface area (TPSA) is 95.6 Å².